The van der Waals surface area contributed by atoms with Gasteiger partial charge < -0.3 is 4.90 Å². The highest BCUT2D eigenvalue weighted by molar-refractivity contribution is 6.17. The molecular formula is C15H19ClF3N. The molecule has 1 aliphatic rings. The van der Waals surface area contributed by atoms with Crippen LogP contribution in [0.25, 0.3) is 0 Å². The fourth-order valence-electron chi connectivity index (χ4n) is 2.74. The zero-order valence-corrected chi connectivity index (χ0v) is 12.3. The van der Waals surface area contributed by atoms with Crippen LogP contribution in [0.2, 0.25) is 0 Å². The number of hydrogen-bond acceptors (Lipinski definition) is 1. The molecule has 1 aromatic rings. The molecule has 0 bridgehead atoms. The van der Waals surface area contributed by atoms with E-state index in [1.165, 1.54) is 12.1 Å². The van der Waals surface area contributed by atoms with Crippen LogP contribution in [0.4, 0.5) is 18.9 Å². The number of hydrogen-bond donors (Lipinski definition) is 0. The fourth-order valence-corrected chi connectivity index (χ4v) is 2.97. The summed E-state index contributed by atoms with van der Waals surface area (Å²) in [5.74, 6) is 0.586. The highest BCUT2D eigenvalue weighted by Gasteiger charge is 2.34. The number of anilines is 1. The van der Waals surface area contributed by atoms with Crippen LogP contribution in [0.15, 0.2) is 18.2 Å². The van der Waals surface area contributed by atoms with Crippen molar-refractivity contribution in [2.24, 2.45) is 5.92 Å². The van der Waals surface area contributed by atoms with E-state index in [9.17, 15) is 13.2 Å². The minimum Gasteiger partial charge on any atom is -0.372 e. The maximum Gasteiger partial charge on any atom is 0.416 e. The standard InChI is InChI=1S/C15H19ClF3N/c1-2-11-5-7-20(8-6-11)13-4-3-12(10-16)14(9-13)15(17,18)19/h3-4,9,11H,2,5-8,10H2,1H3. The minimum atomic E-state index is -4.35. The van der Waals surface area contributed by atoms with Gasteiger partial charge in [0.1, 0.15) is 0 Å². The Balaban J connectivity index is 2.21. The lowest BCUT2D eigenvalue weighted by atomic mass is 9.94. The summed E-state index contributed by atoms with van der Waals surface area (Å²) in [5.41, 5.74) is 0.190. The summed E-state index contributed by atoms with van der Waals surface area (Å²) in [4.78, 5) is 2.04. The van der Waals surface area contributed by atoms with Gasteiger partial charge in [-0.3, -0.25) is 0 Å². The molecule has 20 heavy (non-hydrogen) atoms. The van der Waals surface area contributed by atoms with Gasteiger partial charge in [0.15, 0.2) is 0 Å². The number of rotatable bonds is 3. The van der Waals surface area contributed by atoms with Crippen LogP contribution in [0.1, 0.15) is 37.3 Å². The molecule has 0 saturated carbocycles. The second-order valence-electron chi connectivity index (χ2n) is 5.31. The van der Waals surface area contributed by atoms with Crippen LogP contribution in [0, 0.1) is 5.92 Å². The second-order valence-corrected chi connectivity index (χ2v) is 5.58. The predicted octanol–water partition coefficient (Wildman–Crippen LogP) is 5.07. The molecule has 2 rings (SSSR count). The Bertz CT molecular complexity index is 451. The van der Waals surface area contributed by atoms with Crippen molar-refractivity contribution >= 4 is 17.3 Å². The van der Waals surface area contributed by atoms with Gasteiger partial charge in [-0.25, -0.2) is 0 Å². The van der Waals surface area contributed by atoms with Crippen LogP contribution in [0.3, 0.4) is 0 Å². The number of benzene rings is 1. The Morgan fingerprint density at radius 3 is 2.40 bits per heavy atom. The molecule has 0 unspecified atom stereocenters. The molecular weight excluding hydrogens is 287 g/mol. The van der Waals surface area contributed by atoms with Crippen LogP contribution >= 0.6 is 11.6 Å². The first-order valence-electron chi connectivity index (χ1n) is 6.96. The predicted molar refractivity (Wildman–Crippen MR) is 76.2 cm³/mol. The summed E-state index contributed by atoms with van der Waals surface area (Å²) in [7, 11) is 0. The lowest BCUT2D eigenvalue weighted by Gasteiger charge is -2.33. The second kappa shape index (κ2) is 6.25. The van der Waals surface area contributed by atoms with E-state index in [-0.39, 0.29) is 11.4 Å². The van der Waals surface area contributed by atoms with Gasteiger partial charge in [-0.2, -0.15) is 13.2 Å². The summed E-state index contributed by atoms with van der Waals surface area (Å²) in [6.45, 7) is 3.82. The molecule has 1 fully saturated rings. The summed E-state index contributed by atoms with van der Waals surface area (Å²) in [6, 6.07) is 4.49. The van der Waals surface area contributed by atoms with Gasteiger partial charge >= 0.3 is 6.18 Å². The van der Waals surface area contributed by atoms with Gasteiger partial charge in [-0.05, 0) is 36.5 Å². The SMILES string of the molecule is CCC1CCN(c2ccc(CCl)c(C(F)(F)F)c2)CC1. The van der Waals surface area contributed by atoms with E-state index in [1.54, 1.807) is 6.07 Å². The van der Waals surface area contributed by atoms with Gasteiger partial charge in [-0.1, -0.05) is 19.4 Å². The first-order valence-corrected chi connectivity index (χ1v) is 7.50. The van der Waals surface area contributed by atoms with Gasteiger partial charge in [0, 0.05) is 24.7 Å². The van der Waals surface area contributed by atoms with E-state index < -0.39 is 11.7 Å². The van der Waals surface area contributed by atoms with Crippen molar-refractivity contribution in [2.45, 2.75) is 38.2 Å². The van der Waals surface area contributed by atoms with Crippen LogP contribution < -0.4 is 4.90 Å². The first-order chi connectivity index (χ1) is 9.45. The quantitative estimate of drug-likeness (QED) is 0.705. The van der Waals surface area contributed by atoms with Crippen molar-refractivity contribution in [2.75, 3.05) is 18.0 Å². The van der Waals surface area contributed by atoms with Gasteiger partial charge in [0.05, 0.1) is 5.56 Å². The van der Waals surface area contributed by atoms with Crippen molar-refractivity contribution in [3.05, 3.63) is 29.3 Å². The maximum absolute atomic E-state index is 13.0. The average Bonchev–Trinajstić information content (AvgIpc) is 2.46. The number of alkyl halides is 4. The lowest BCUT2D eigenvalue weighted by Crippen LogP contribution is -2.33. The Kier molecular flexibility index (Phi) is 4.84. The minimum absolute atomic E-state index is 0.118. The Hall–Kier alpha value is -0.900. The molecule has 0 atom stereocenters. The van der Waals surface area contributed by atoms with E-state index in [1.807, 2.05) is 4.90 Å². The normalized spacial score (nSPS) is 17.6. The molecule has 1 nitrogen and oxygen atoms in total. The highest BCUT2D eigenvalue weighted by atomic mass is 35.5. The van der Waals surface area contributed by atoms with Crippen molar-refractivity contribution < 1.29 is 13.2 Å². The monoisotopic (exact) mass is 305 g/mol. The molecule has 0 amide bonds. The highest BCUT2D eigenvalue weighted by Crippen LogP contribution is 2.36. The molecule has 1 heterocycles. The van der Waals surface area contributed by atoms with E-state index in [4.69, 9.17) is 11.6 Å². The molecule has 0 aromatic heterocycles. The van der Waals surface area contributed by atoms with Gasteiger partial charge in [0.25, 0.3) is 0 Å². The van der Waals surface area contributed by atoms with E-state index in [0.717, 1.165) is 32.4 Å². The number of halogens is 4. The molecule has 0 spiro atoms. The third kappa shape index (κ3) is 3.40. The number of piperidine rings is 1. The number of nitrogens with zero attached hydrogens (tertiary/aromatic N) is 1. The smallest absolute Gasteiger partial charge is 0.372 e. The van der Waals surface area contributed by atoms with Crippen LogP contribution in [-0.2, 0) is 12.1 Å². The van der Waals surface area contributed by atoms with Crippen molar-refractivity contribution in [1.82, 2.24) is 0 Å². The van der Waals surface area contributed by atoms with Crippen molar-refractivity contribution in [3.8, 4) is 0 Å². The molecule has 1 saturated heterocycles. The lowest BCUT2D eigenvalue weighted by molar-refractivity contribution is -0.138. The molecule has 5 heteroatoms. The summed E-state index contributed by atoms with van der Waals surface area (Å²) >= 11 is 5.60. The first kappa shape index (κ1) is 15.5. The Labute approximate surface area is 122 Å². The largest absolute Gasteiger partial charge is 0.416 e. The Morgan fingerprint density at radius 2 is 1.90 bits per heavy atom. The van der Waals surface area contributed by atoms with E-state index in [2.05, 4.69) is 6.92 Å². The van der Waals surface area contributed by atoms with Crippen molar-refractivity contribution in [1.29, 1.82) is 0 Å². The summed E-state index contributed by atoms with van der Waals surface area (Å²) in [5, 5.41) is 0. The van der Waals surface area contributed by atoms with Gasteiger partial charge in [-0.15, -0.1) is 11.6 Å². The molecule has 0 N–H and O–H groups in total. The van der Waals surface area contributed by atoms with E-state index in [0.29, 0.717) is 11.6 Å². The zero-order valence-electron chi connectivity index (χ0n) is 11.5. The Morgan fingerprint density at radius 1 is 1.25 bits per heavy atom. The van der Waals surface area contributed by atoms with Crippen molar-refractivity contribution in [3.63, 3.8) is 0 Å². The maximum atomic E-state index is 13.0. The molecule has 0 aliphatic carbocycles. The zero-order chi connectivity index (χ0) is 14.8. The average molecular weight is 306 g/mol. The van der Waals surface area contributed by atoms with Crippen LogP contribution in [-0.4, -0.2) is 13.1 Å². The third-order valence-corrected chi connectivity index (χ3v) is 4.39. The van der Waals surface area contributed by atoms with E-state index >= 15 is 0 Å². The fraction of sp³-hybridized carbons (Fsp3) is 0.600. The molecule has 112 valence electrons. The summed E-state index contributed by atoms with van der Waals surface area (Å²) in [6.07, 6.45) is -1.10. The van der Waals surface area contributed by atoms with Gasteiger partial charge in [0.2, 0.25) is 0 Å². The molecule has 0 radical (unpaired) electrons. The van der Waals surface area contributed by atoms with Crippen LogP contribution in [0.5, 0.6) is 0 Å². The third-order valence-electron chi connectivity index (χ3n) is 4.10. The summed E-state index contributed by atoms with van der Waals surface area (Å²) < 4.78 is 39.1. The molecule has 1 aromatic carbocycles. The topological polar surface area (TPSA) is 3.24 Å². The molecule has 1 aliphatic heterocycles.